The van der Waals surface area contributed by atoms with Gasteiger partial charge in [0.15, 0.2) is 0 Å². The zero-order chi connectivity index (χ0) is 39.8. The third kappa shape index (κ3) is 11.5. The van der Waals surface area contributed by atoms with Gasteiger partial charge in [-0.1, -0.05) is 135 Å². The highest BCUT2D eigenvalue weighted by molar-refractivity contribution is 5.75. The van der Waals surface area contributed by atoms with Gasteiger partial charge in [-0.2, -0.15) is 0 Å². The van der Waals surface area contributed by atoms with Gasteiger partial charge in [0, 0.05) is 10.8 Å². The Morgan fingerprint density at radius 2 is 0.731 bits per heavy atom. The normalized spacial score (nSPS) is 17.9. The van der Waals surface area contributed by atoms with Gasteiger partial charge in [0.25, 0.3) is 0 Å². The predicted octanol–water partition coefficient (Wildman–Crippen LogP) is 11.0. The Hall–Kier alpha value is -3.02. The average molecular weight is 721 g/mol. The van der Waals surface area contributed by atoms with Crippen molar-refractivity contribution in [2.45, 2.75) is 171 Å². The van der Waals surface area contributed by atoms with Gasteiger partial charge in [0.1, 0.15) is 11.5 Å². The molecule has 0 spiro atoms. The second-order valence-electron chi connectivity index (χ2n) is 21.5. The summed E-state index contributed by atoms with van der Waals surface area (Å²) in [6, 6.07) is 8.42. The van der Waals surface area contributed by atoms with Crippen molar-refractivity contribution in [3.8, 4) is 11.5 Å². The summed E-state index contributed by atoms with van der Waals surface area (Å²) >= 11 is 0. The summed E-state index contributed by atoms with van der Waals surface area (Å²) in [7, 11) is 0. The van der Waals surface area contributed by atoms with E-state index in [1.807, 2.05) is 0 Å². The van der Waals surface area contributed by atoms with E-state index in [4.69, 9.17) is 9.47 Å². The number of phenolic OH excluding ortho intramolecular Hbond substituents is 2. The highest BCUT2D eigenvalue weighted by atomic mass is 16.5. The van der Waals surface area contributed by atoms with E-state index in [9.17, 15) is 19.8 Å². The number of benzene rings is 2. The van der Waals surface area contributed by atoms with Crippen molar-refractivity contribution in [3.05, 3.63) is 57.6 Å². The number of ether oxygens (including phenoxy) is 2. The van der Waals surface area contributed by atoms with Gasteiger partial charge in [0.2, 0.25) is 0 Å². The number of carbonyl (C=O) groups is 2. The van der Waals surface area contributed by atoms with Crippen LogP contribution in [-0.4, -0.2) is 35.4 Å². The minimum atomic E-state index is -0.298. The summed E-state index contributed by atoms with van der Waals surface area (Å²) in [6.07, 6.45) is 3.88. The van der Waals surface area contributed by atoms with Crippen molar-refractivity contribution in [2.24, 2.45) is 22.7 Å². The van der Waals surface area contributed by atoms with Gasteiger partial charge in [0.05, 0.1) is 25.0 Å². The smallest absolute Gasteiger partial charge is 0.308 e. The van der Waals surface area contributed by atoms with Crippen molar-refractivity contribution in [3.63, 3.8) is 0 Å². The Morgan fingerprint density at radius 3 is 0.942 bits per heavy atom. The van der Waals surface area contributed by atoms with Gasteiger partial charge >= 0.3 is 11.9 Å². The number of rotatable bonds is 10. The van der Waals surface area contributed by atoms with Crippen LogP contribution in [0.4, 0.5) is 0 Å². The zero-order valence-corrected chi connectivity index (χ0v) is 35.6. The summed E-state index contributed by atoms with van der Waals surface area (Å²) in [5.41, 5.74) is 4.56. The fourth-order valence-electron chi connectivity index (χ4n) is 7.42. The van der Waals surface area contributed by atoms with Crippen molar-refractivity contribution in [1.29, 1.82) is 0 Å². The molecule has 0 unspecified atom stereocenters. The van der Waals surface area contributed by atoms with E-state index in [0.29, 0.717) is 63.2 Å². The van der Waals surface area contributed by atoms with E-state index < -0.39 is 0 Å². The molecule has 0 aliphatic heterocycles. The number of aromatic hydroxyl groups is 2. The molecule has 0 heterocycles. The first-order chi connectivity index (χ1) is 23.4. The number of esters is 2. The Morgan fingerprint density at radius 1 is 0.500 bits per heavy atom. The SMILES string of the molecule is CC(C)(COC(=O)C1CCC(C(=O)OCC(C)(C)Cc2cc(C(C)(C)C)c(O)c(C(C)(C)C)c2)CC1)Cc1cc(C(C)(C)C)c(O)c(C(C)(C)C)c1. The molecule has 6 nitrogen and oxygen atoms in total. The molecule has 3 rings (SSSR count). The molecule has 292 valence electrons. The first-order valence-electron chi connectivity index (χ1n) is 19.5. The third-order valence-corrected chi connectivity index (χ3v) is 10.5. The Balaban J connectivity index is 1.56. The largest absolute Gasteiger partial charge is 0.507 e. The molecule has 6 heteroatoms. The summed E-state index contributed by atoms with van der Waals surface area (Å²) in [5.74, 6) is -0.0578. The van der Waals surface area contributed by atoms with Crippen LogP contribution in [-0.2, 0) is 53.6 Å². The number of hydrogen-bond acceptors (Lipinski definition) is 6. The topological polar surface area (TPSA) is 93.1 Å². The Kier molecular flexibility index (Phi) is 12.8. The predicted molar refractivity (Wildman–Crippen MR) is 213 cm³/mol. The highest BCUT2D eigenvalue weighted by Gasteiger charge is 2.35. The minimum absolute atomic E-state index is 0.185. The number of hydrogen-bond donors (Lipinski definition) is 2. The van der Waals surface area contributed by atoms with E-state index in [-0.39, 0.29) is 56.3 Å². The molecule has 2 N–H and O–H groups in total. The van der Waals surface area contributed by atoms with Crippen LogP contribution in [0.3, 0.4) is 0 Å². The molecule has 0 amide bonds. The fourth-order valence-corrected chi connectivity index (χ4v) is 7.42. The molecule has 1 aliphatic carbocycles. The maximum atomic E-state index is 13.2. The highest BCUT2D eigenvalue weighted by Crippen LogP contribution is 2.43. The van der Waals surface area contributed by atoms with E-state index in [2.05, 4.69) is 135 Å². The Bertz CT molecular complexity index is 1380. The number of carbonyl (C=O) groups excluding carboxylic acids is 2. The molecule has 52 heavy (non-hydrogen) atoms. The minimum Gasteiger partial charge on any atom is -0.507 e. The van der Waals surface area contributed by atoms with E-state index in [1.54, 1.807) is 0 Å². The van der Waals surface area contributed by atoms with Crippen molar-refractivity contribution >= 4 is 11.9 Å². The first-order valence-corrected chi connectivity index (χ1v) is 19.5. The number of phenols is 2. The standard InChI is InChI=1S/C46H72O6/c1-41(2,3)33-21-29(22-34(37(33)47)42(4,5)6)25-45(13,14)27-51-39(49)31-17-19-32(20-18-31)40(50)52-28-46(15,16)26-30-23-35(43(7,8)9)38(48)36(24-30)44(10,11)12/h21-24,31-32,47-48H,17-20,25-28H2,1-16H3. The molecule has 0 radical (unpaired) electrons. The van der Waals surface area contributed by atoms with Crippen LogP contribution >= 0.6 is 0 Å². The summed E-state index contributed by atoms with van der Waals surface area (Å²) in [4.78, 5) is 26.5. The van der Waals surface area contributed by atoms with Gasteiger partial charge in [-0.3, -0.25) is 9.59 Å². The lowest BCUT2D eigenvalue weighted by Crippen LogP contribution is -2.32. The van der Waals surface area contributed by atoms with Crippen molar-refractivity contribution in [1.82, 2.24) is 0 Å². The molecule has 2 aromatic rings. The zero-order valence-electron chi connectivity index (χ0n) is 35.6. The molecular formula is C46H72O6. The summed E-state index contributed by atoms with van der Waals surface area (Å²) in [6.45, 7) is 34.4. The lowest BCUT2D eigenvalue weighted by atomic mass is 9.76. The van der Waals surface area contributed by atoms with Gasteiger partial charge in [-0.15, -0.1) is 0 Å². The molecule has 1 saturated carbocycles. The van der Waals surface area contributed by atoms with E-state index in [0.717, 1.165) is 33.4 Å². The molecule has 1 fully saturated rings. The Labute approximate surface area is 316 Å². The molecule has 1 aliphatic rings. The molecular weight excluding hydrogens is 649 g/mol. The van der Waals surface area contributed by atoms with Gasteiger partial charge in [-0.25, -0.2) is 0 Å². The van der Waals surface area contributed by atoms with E-state index >= 15 is 0 Å². The first kappa shape index (κ1) is 43.4. The van der Waals surface area contributed by atoms with Crippen LogP contribution in [0.5, 0.6) is 11.5 Å². The quantitative estimate of drug-likeness (QED) is 0.237. The maximum absolute atomic E-state index is 13.2. The van der Waals surface area contributed by atoms with Crippen LogP contribution in [0.2, 0.25) is 0 Å². The molecule has 2 aromatic carbocycles. The van der Waals surface area contributed by atoms with Crippen LogP contribution in [0.15, 0.2) is 24.3 Å². The molecule has 0 atom stereocenters. The molecule has 0 saturated heterocycles. The molecule has 0 bridgehead atoms. The second kappa shape index (κ2) is 15.4. The lowest BCUT2D eigenvalue weighted by Gasteiger charge is -2.32. The fraction of sp³-hybridized carbons (Fsp3) is 0.696. The van der Waals surface area contributed by atoms with Crippen LogP contribution < -0.4 is 0 Å². The van der Waals surface area contributed by atoms with Crippen molar-refractivity contribution in [2.75, 3.05) is 13.2 Å². The summed E-state index contributed by atoms with van der Waals surface area (Å²) in [5, 5.41) is 22.3. The monoisotopic (exact) mass is 721 g/mol. The maximum Gasteiger partial charge on any atom is 0.308 e. The summed E-state index contributed by atoms with van der Waals surface area (Å²) < 4.78 is 11.9. The molecule has 0 aromatic heterocycles. The van der Waals surface area contributed by atoms with Crippen molar-refractivity contribution < 1.29 is 29.3 Å². The average Bonchev–Trinajstić information content (AvgIpc) is 2.98. The van der Waals surface area contributed by atoms with Gasteiger partial charge < -0.3 is 19.7 Å². The van der Waals surface area contributed by atoms with Crippen LogP contribution in [0.1, 0.15) is 170 Å². The van der Waals surface area contributed by atoms with E-state index in [1.165, 1.54) is 0 Å². The lowest BCUT2D eigenvalue weighted by molar-refractivity contribution is -0.158. The van der Waals surface area contributed by atoms with Crippen LogP contribution in [0, 0.1) is 22.7 Å². The van der Waals surface area contributed by atoms with Gasteiger partial charge in [-0.05, 0) is 93.6 Å². The second-order valence-corrected chi connectivity index (χ2v) is 21.5. The third-order valence-electron chi connectivity index (χ3n) is 10.5. The van der Waals surface area contributed by atoms with Crippen LogP contribution in [0.25, 0.3) is 0 Å².